The van der Waals surface area contributed by atoms with E-state index in [1.165, 1.54) is 12.1 Å². The third kappa shape index (κ3) is 3.60. The second-order valence-electron chi connectivity index (χ2n) is 4.36. The van der Waals surface area contributed by atoms with E-state index < -0.39 is 17.9 Å². The average molecular weight is 317 g/mol. The predicted molar refractivity (Wildman–Crippen MR) is 66.8 cm³/mol. The molecule has 0 fully saturated rings. The number of nitrogens with zero attached hydrogens (tertiary/aromatic N) is 2. The zero-order chi connectivity index (χ0) is 16.3. The molecule has 0 unspecified atom stereocenters. The molecular weight excluding hydrogens is 306 g/mol. The summed E-state index contributed by atoms with van der Waals surface area (Å²) in [7, 11) is 0. The van der Waals surface area contributed by atoms with Crippen molar-refractivity contribution in [1.29, 1.82) is 0 Å². The maximum Gasteiger partial charge on any atom is 0.471 e. The summed E-state index contributed by atoms with van der Waals surface area (Å²) in [6.45, 7) is 1.64. The Morgan fingerprint density at radius 2 is 2.09 bits per heavy atom. The van der Waals surface area contributed by atoms with Gasteiger partial charge in [-0.2, -0.15) is 18.2 Å². The molecule has 9 heteroatoms. The van der Waals surface area contributed by atoms with Crippen LogP contribution in [0.25, 0.3) is 11.4 Å². The van der Waals surface area contributed by atoms with Crippen molar-refractivity contribution in [2.75, 3.05) is 0 Å². The summed E-state index contributed by atoms with van der Waals surface area (Å²) < 4.78 is 55.0. The van der Waals surface area contributed by atoms with Crippen LogP contribution < -0.4 is 5.32 Å². The van der Waals surface area contributed by atoms with Crippen molar-refractivity contribution in [3.63, 3.8) is 0 Å². The first-order chi connectivity index (χ1) is 10.3. The lowest BCUT2D eigenvalue weighted by Gasteiger charge is -2.06. The highest BCUT2D eigenvalue weighted by molar-refractivity contribution is 5.75. The molecule has 1 heterocycles. The number of hydrogen-bond donors (Lipinski definition) is 1. The molecule has 0 saturated heterocycles. The SMILES string of the molecule is CCC(=O)NCc1ccc(-c2noc(C(F)(F)F)n2)cc1F. The fourth-order valence-corrected chi connectivity index (χ4v) is 1.60. The Morgan fingerprint density at radius 1 is 1.36 bits per heavy atom. The fraction of sp³-hybridized carbons (Fsp3) is 0.308. The number of carbonyl (C=O) groups is 1. The van der Waals surface area contributed by atoms with Crippen LogP contribution in [-0.4, -0.2) is 16.0 Å². The van der Waals surface area contributed by atoms with Crippen LogP contribution in [0, 0.1) is 5.82 Å². The Morgan fingerprint density at radius 3 is 2.64 bits per heavy atom. The Bertz CT molecular complexity index is 682. The molecular formula is C13H11F4N3O2. The minimum atomic E-state index is -4.76. The highest BCUT2D eigenvalue weighted by Gasteiger charge is 2.38. The van der Waals surface area contributed by atoms with Crippen molar-refractivity contribution in [3.8, 4) is 11.4 Å². The number of hydrogen-bond acceptors (Lipinski definition) is 4. The normalized spacial score (nSPS) is 11.5. The molecule has 2 aromatic rings. The smallest absolute Gasteiger partial charge is 0.352 e. The summed E-state index contributed by atoms with van der Waals surface area (Å²) in [6.07, 6.45) is -4.49. The van der Waals surface area contributed by atoms with Gasteiger partial charge in [-0.05, 0) is 6.07 Å². The van der Waals surface area contributed by atoms with Gasteiger partial charge in [0.1, 0.15) is 5.82 Å². The van der Waals surface area contributed by atoms with Crippen LogP contribution in [0.5, 0.6) is 0 Å². The van der Waals surface area contributed by atoms with Crippen molar-refractivity contribution in [2.24, 2.45) is 0 Å². The van der Waals surface area contributed by atoms with E-state index in [9.17, 15) is 22.4 Å². The first-order valence-corrected chi connectivity index (χ1v) is 6.27. The van der Waals surface area contributed by atoms with Gasteiger partial charge in [-0.1, -0.05) is 24.2 Å². The highest BCUT2D eigenvalue weighted by Crippen LogP contribution is 2.29. The van der Waals surface area contributed by atoms with Gasteiger partial charge in [0, 0.05) is 24.1 Å². The molecule has 0 aliphatic heterocycles. The maximum absolute atomic E-state index is 13.9. The van der Waals surface area contributed by atoms with E-state index in [0.717, 1.165) is 6.07 Å². The number of carbonyl (C=O) groups excluding carboxylic acids is 1. The Labute approximate surface area is 122 Å². The Hall–Kier alpha value is -2.45. The Kier molecular flexibility index (Phi) is 4.43. The van der Waals surface area contributed by atoms with Crippen LogP contribution in [0.1, 0.15) is 24.8 Å². The van der Waals surface area contributed by atoms with Crippen LogP contribution >= 0.6 is 0 Å². The van der Waals surface area contributed by atoms with Gasteiger partial charge >= 0.3 is 12.1 Å². The second kappa shape index (κ2) is 6.12. The minimum Gasteiger partial charge on any atom is -0.352 e. The summed E-state index contributed by atoms with van der Waals surface area (Å²) in [5, 5.41) is 5.66. The Balaban J connectivity index is 2.18. The first-order valence-electron chi connectivity index (χ1n) is 6.27. The third-order valence-electron chi connectivity index (χ3n) is 2.78. The van der Waals surface area contributed by atoms with Crippen LogP contribution in [0.15, 0.2) is 22.7 Å². The quantitative estimate of drug-likeness (QED) is 0.880. The average Bonchev–Trinajstić information content (AvgIpc) is 2.95. The van der Waals surface area contributed by atoms with E-state index in [1.807, 2.05) is 0 Å². The van der Waals surface area contributed by atoms with E-state index in [2.05, 4.69) is 20.0 Å². The molecule has 118 valence electrons. The zero-order valence-electron chi connectivity index (χ0n) is 11.4. The van der Waals surface area contributed by atoms with E-state index in [0.29, 0.717) is 0 Å². The molecule has 22 heavy (non-hydrogen) atoms. The van der Waals surface area contributed by atoms with Gasteiger partial charge in [0.2, 0.25) is 11.7 Å². The fourth-order valence-electron chi connectivity index (χ4n) is 1.60. The molecule has 0 radical (unpaired) electrons. The van der Waals surface area contributed by atoms with Crippen molar-refractivity contribution >= 4 is 5.91 Å². The molecule has 5 nitrogen and oxygen atoms in total. The molecule has 0 saturated carbocycles. The number of nitrogens with one attached hydrogen (secondary N) is 1. The second-order valence-corrected chi connectivity index (χ2v) is 4.36. The maximum atomic E-state index is 13.9. The van der Waals surface area contributed by atoms with Crippen LogP contribution in [0.4, 0.5) is 17.6 Å². The molecule has 2 rings (SSSR count). The molecule has 1 aromatic carbocycles. The number of halogens is 4. The molecule has 1 N–H and O–H groups in total. The van der Waals surface area contributed by atoms with Crippen molar-refractivity contribution < 1.29 is 26.9 Å². The van der Waals surface area contributed by atoms with Gasteiger partial charge in [0.25, 0.3) is 0 Å². The molecule has 0 spiro atoms. The highest BCUT2D eigenvalue weighted by atomic mass is 19.4. The van der Waals surface area contributed by atoms with Gasteiger partial charge in [-0.25, -0.2) is 4.39 Å². The van der Waals surface area contributed by atoms with E-state index in [-0.39, 0.29) is 35.8 Å². The molecule has 0 bridgehead atoms. The van der Waals surface area contributed by atoms with Crippen LogP contribution in [0.3, 0.4) is 0 Å². The number of rotatable bonds is 4. The number of benzene rings is 1. The molecule has 1 amide bonds. The largest absolute Gasteiger partial charge is 0.471 e. The van der Waals surface area contributed by atoms with Gasteiger partial charge in [-0.3, -0.25) is 4.79 Å². The zero-order valence-corrected chi connectivity index (χ0v) is 11.4. The van der Waals surface area contributed by atoms with Crippen LogP contribution in [0.2, 0.25) is 0 Å². The molecule has 0 aliphatic carbocycles. The van der Waals surface area contributed by atoms with E-state index in [4.69, 9.17) is 0 Å². The van der Waals surface area contributed by atoms with E-state index in [1.54, 1.807) is 6.92 Å². The lowest BCUT2D eigenvalue weighted by molar-refractivity contribution is -0.159. The number of aromatic nitrogens is 2. The van der Waals surface area contributed by atoms with E-state index >= 15 is 0 Å². The summed E-state index contributed by atoms with van der Waals surface area (Å²) in [5.41, 5.74) is 0.243. The standard InChI is InChI=1S/C13H11F4N3O2/c1-2-10(21)18-6-8-4-3-7(5-9(8)14)11-19-12(22-20-11)13(15,16)17/h3-5H,2,6H2,1H3,(H,18,21). The van der Waals surface area contributed by atoms with Crippen molar-refractivity contribution in [1.82, 2.24) is 15.5 Å². The van der Waals surface area contributed by atoms with Gasteiger partial charge in [-0.15, -0.1) is 0 Å². The summed E-state index contributed by atoms with van der Waals surface area (Å²) >= 11 is 0. The molecule has 0 aliphatic rings. The number of alkyl halides is 3. The monoisotopic (exact) mass is 317 g/mol. The lowest BCUT2D eigenvalue weighted by atomic mass is 10.1. The van der Waals surface area contributed by atoms with Gasteiger partial charge < -0.3 is 9.84 Å². The lowest BCUT2D eigenvalue weighted by Crippen LogP contribution is -2.21. The molecule has 1 aromatic heterocycles. The predicted octanol–water partition coefficient (Wildman–Crippen LogP) is 2.92. The van der Waals surface area contributed by atoms with Crippen molar-refractivity contribution in [2.45, 2.75) is 26.1 Å². The minimum absolute atomic E-state index is 0.0150. The molecule has 0 atom stereocenters. The topological polar surface area (TPSA) is 68.0 Å². The summed E-state index contributed by atoms with van der Waals surface area (Å²) in [4.78, 5) is 14.3. The van der Waals surface area contributed by atoms with Gasteiger partial charge in [0.05, 0.1) is 0 Å². The van der Waals surface area contributed by atoms with Crippen molar-refractivity contribution in [3.05, 3.63) is 35.5 Å². The first kappa shape index (κ1) is 15.9. The van der Waals surface area contributed by atoms with Crippen LogP contribution in [-0.2, 0) is 17.5 Å². The number of amides is 1. The van der Waals surface area contributed by atoms with Gasteiger partial charge in [0.15, 0.2) is 0 Å². The summed E-state index contributed by atoms with van der Waals surface area (Å²) in [5.74, 6) is -2.79. The summed E-state index contributed by atoms with van der Waals surface area (Å²) in [6, 6.07) is 3.67. The third-order valence-corrected chi connectivity index (χ3v) is 2.78.